The maximum atomic E-state index is 11.1. The van der Waals surface area contributed by atoms with Gasteiger partial charge in [-0.2, -0.15) is 0 Å². The summed E-state index contributed by atoms with van der Waals surface area (Å²) in [6.07, 6.45) is 12.2. The van der Waals surface area contributed by atoms with Crippen LogP contribution in [-0.2, 0) is 0 Å². The highest BCUT2D eigenvalue weighted by Crippen LogP contribution is 2.67. The second-order valence-corrected chi connectivity index (χ2v) is 9.99. The Morgan fingerprint density at radius 2 is 1.96 bits per heavy atom. The van der Waals surface area contributed by atoms with Crippen molar-refractivity contribution in [1.82, 2.24) is 0 Å². The highest BCUT2D eigenvalue weighted by atomic mass is 16.3. The maximum absolute atomic E-state index is 11.1. The number of aliphatic hydroxyl groups excluding tert-OH is 2. The molecule has 0 aromatic rings. The van der Waals surface area contributed by atoms with Crippen LogP contribution in [0, 0.1) is 40.4 Å². The van der Waals surface area contributed by atoms with Gasteiger partial charge < -0.3 is 10.2 Å². The van der Waals surface area contributed by atoms with Crippen molar-refractivity contribution in [2.45, 2.75) is 78.2 Å². The van der Waals surface area contributed by atoms with Gasteiger partial charge in [-0.3, -0.25) is 0 Å². The van der Waals surface area contributed by atoms with Crippen LogP contribution in [0.4, 0.5) is 0 Å². The third-order valence-corrected chi connectivity index (χ3v) is 9.10. The van der Waals surface area contributed by atoms with Gasteiger partial charge in [-0.1, -0.05) is 32.4 Å². The van der Waals surface area contributed by atoms with Gasteiger partial charge in [0, 0.05) is 6.61 Å². The third kappa shape index (κ3) is 2.21. The lowest BCUT2D eigenvalue weighted by atomic mass is 9.46. The summed E-state index contributed by atoms with van der Waals surface area (Å²) in [5.41, 5.74) is 2.25. The van der Waals surface area contributed by atoms with E-state index in [4.69, 9.17) is 0 Å². The Balaban J connectivity index is 1.67. The number of fused-ring (bicyclic) bond motifs is 5. The molecule has 0 aliphatic heterocycles. The van der Waals surface area contributed by atoms with E-state index in [1.165, 1.54) is 44.9 Å². The molecular weight excluding hydrogens is 296 g/mol. The molecule has 0 amide bonds. The average molecular weight is 333 g/mol. The van der Waals surface area contributed by atoms with Crippen LogP contribution >= 0.6 is 0 Å². The highest BCUT2D eigenvalue weighted by Gasteiger charge is 2.61. The first-order valence-electron chi connectivity index (χ1n) is 10.4. The van der Waals surface area contributed by atoms with E-state index in [0.717, 1.165) is 6.42 Å². The Labute approximate surface area is 147 Å². The van der Waals surface area contributed by atoms with Crippen LogP contribution in [0.15, 0.2) is 11.6 Å². The molecule has 0 heterocycles. The van der Waals surface area contributed by atoms with Crippen molar-refractivity contribution in [2.24, 2.45) is 40.4 Å². The third-order valence-electron chi connectivity index (χ3n) is 9.10. The van der Waals surface area contributed by atoms with E-state index in [9.17, 15) is 10.2 Å². The SMILES string of the molecule is CC(CO)[C@H]1CC[C@H]2[C@@H]3C(O)CC4=CCCC[C@]4(C)[C@H]3CC[C@]12C. The molecule has 3 fully saturated rings. The van der Waals surface area contributed by atoms with Gasteiger partial charge in [0.25, 0.3) is 0 Å². The maximum Gasteiger partial charge on any atom is 0.0611 e. The molecule has 2 unspecified atom stereocenters. The smallest absolute Gasteiger partial charge is 0.0611 e. The minimum absolute atomic E-state index is 0.139. The first-order chi connectivity index (χ1) is 11.4. The first-order valence-corrected chi connectivity index (χ1v) is 10.4. The summed E-state index contributed by atoms with van der Waals surface area (Å²) >= 11 is 0. The largest absolute Gasteiger partial charge is 0.396 e. The molecule has 24 heavy (non-hydrogen) atoms. The number of aliphatic hydroxyl groups is 2. The van der Waals surface area contributed by atoms with Crippen molar-refractivity contribution < 1.29 is 10.2 Å². The van der Waals surface area contributed by atoms with Gasteiger partial charge in [0.1, 0.15) is 0 Å². The zero-order chi connectivity index (χ0) is 17.1. The van der Waals surface area contributed by atoms with Crippen molar-refractivity contribution >= 4 is 0 Å². The van der Waals surface area contributed by atoms with Crippen LogP contribution in [0.2, 0.25) is 0 Å². The molecule has 4 rings (SSSR count). The van der Waals surface area contributed by atoms with E-state index < -0.39 is 0 Å². The van der Waals surface area contributed by atoms with Gasteiger partial charge in [-0.25, -0.2) is 0 Å². The summed E-state index contributed by atoms with van der Waals surface area (Å²) in [5, 5.41) is 20.8. The minimum atomic E-state index is -0.139. The predicted molar refractivity (Wildman–Crippen MR) is 97.4 cm³/mol. The molecule has 0 saturated heterocycles. The summed E-state index contributed by atoms with van der Waals surface area (Å²) in [7, 11) is 0. The summed E-state index contributed by atoms with van der Waals surface area (Å²) < 4.78 is 0. The van der Waals surface area contributed by atoms with Crippen molar-refractivity contribution in [3.63, 3.8) is 0 Å². The van der Waals surface area contributed by atoms with Gasteiger partial charge in [0.15, 0.2) is 0 Å². The summed E-state index contributed by atoms with van der Waals surface area (Å²) in [4.78, 5) is 0. The fourth-order valence-electron chi connectivity index (χ4n) is 7.82. The van der Waals surface area contributed by atoms with Crippen LogP contribution < -0.4 is 0 Å². The molecule has 0 spiro atoms. The molecule has 3 saturated carbocycles. The Hall–Kier alpha value is -0.340. The molecule has 0 aromatic carbocycles. The van der Waals surface area contributed by atoms with E-state index in [1.807, 2.05) is 0 Å². The quantitative estimate of drug-likeness (QED) is 0.728. The first kappa shape index (κ1) is 17.1. The Morgan fingerprint density at radius 3 is 2.71 bits per heavy atom. The number of hydrogen-bond donors (Lipinski definition) is 2. The lowest BCUT2D eigenvalue weighted by Crippen LogP contribution is -2.55. The minimum Gasteiger partial charge on any atom is -0.396 e. The molecule has 0 bridgehead atoms. The molecule has 0 aromatic heterocycles. The Bertz CT molecular complexity index is 526. The Kier molecular flexibility index (Phi) is 4.16. The predicted octanol–water partition coefficient (Wildman–Crippen LogP) is 4.55. The van der Waals surface area contributed by atoms with Crippen LogP contribution in [0.3, 0.4) is 0 Å². The van der Waals surface area contributed by atoms with Gasteiger partial charge >= 0.3 is 0 Å². The monoisotopic (exact) mass is 332 g/mol. The molecule has 4 aliphatic carbocycles. The van der Waals surface area contributed by atoms with Gasteiger partial charge in [0.2, 0.25) is 0 Å². The topological polar surface area (TPSA) is 40.5 Å². The molecule has 2 nitrogen and oxygen atoms in total. The molecule has 136 valence electrons. The van der Waals surface area contributed by atoms with Crippen molar-refractivity contribution in [2.75, 3.05) is 6.61 Å². The van der Waals surface area contributed by atoms with E-state index in [0.29, 0.717) is 47.0 Å². The van der Waals surface area contributed by atoms with Crippen LogP contribution in [-0.4, -0.2) is 22.9 Å². The van der Waals surface area contributed by atoms with Crippen LogP contribution in [0.1, 0.15) is 72.1 Å². The fourth-order valence-corrected chi connectivity index (χ4v) is 7.82. The highest BCUT2D eigenvalue weighted by molar-refractivity contribution is 5.25. The Morgan fingerprint density at radius 1 is 1.17 bits per heavy atom. The molecule has 0 radical (unpaired) electrons. The fraction of sp³-hybridized carbons (Fsp3) is 0.909. The van der Waals surface area contributed by atoms with Crippen LogP contribution in [0.25, 0.3) is 0 Å². The summed E-state index contributed by atoms with van der Waals surface area (Å²) in [5.74, 6) is 2.86. The van der Waals surface area contributed by atoms with Crippen molar-refractivity contribution in [1.29, 1.82) is 0 Å². The second kappa shape index (κ2) is 5.84. The normalized spacial score (nSPS) is 52.0. The zero-order valence-electron chi connectivity index (χ0n) is 15.8. The van der Waals surface area contributed by atoms with E-state index in [2.05, 4.69) is 26.8 Å². The summed E-state index contributed by atoms with van der Waals surface area (Å²) in [6, 6.07) is 0. The van der Waals surface area contributed by atoms with Crippen molar-refractivity contribution in [3.8, 4) is 0 Å². The zero-order valence-corrected chi connectivity index (χ0v) is 15.8. The van der Waals surface area contributed by atoms with Gasteiger partial charge in [-0.15, -0.1) is 0 Å². The number of hydrogen-bond acceptors (Lipinski definition) is 2. The van der Waals surface area contributed by atoms with Crippen molar-refractivity contribution in [3.05, 3.63) is 11.6 Å². The second-order valence-electron chi connectivity index (χ2n) is 9.99. The summed E-state index contributed by atoms with van der Waals surface area (Å²) in [6.45, 7) is 7.53. The van der Waals surface area contributed by atoms with E-state index in [1.54, 1.807) is 5.57 Å². The lowest BCUT2D eigenvalue weighted by molar-refractivity contribution is -0.114. The van der Waals surface area contributed by atoms with Gasteiger partial charge in [-0.05, 0) is 91.8 Å². The van der Waals surface area contributed by atoms with Crippen LogP contribution in [0.5, 0.6) is 0 Å². The van der Waals surface area contributed by atoms with Gasteiger partial charge in [0.05, 0.1) is 6.10 Å². The molecule has 2 heteroatoms. The van der Waals surface area contributed by atoms with E-state index >= 15 is 0 Å². The van der Waals surface area contributed by atoms with E-state index in [-0.39, 0.29) is 6.10 Å². The average Bonchev–Trinajstić information content (AvgIpc) is 2.92. The number of rotatable bonds is 2. The standard InChI is InChI=1S/C22H36O2/c1-14(13-23)16-7-8-17-20-18(9-11-22(16,17)3)21(2)10-5-4-6-15(21)12-19(20)24/h6,14,16-20,23-24H,4-5,7-13H2,1-3H3/t14?,16-,17+,18+,19?,20+,21+,22-/m1/s1. The molecule has 8 atom stereocenters. The molecular formula is C22H36O2. The lowest BCUT2D eigenvalue weighted by Gasteiger charge is -2.60. The number of allylic oxidation sites excluding steroid dienone is 1. The molecule has 4 aliphatic rings. The molecule has 2 N–H and O–H groups in total.